The van der Waals surface area contributed by atoms with Gasteiger partial charge >= 0.3 is 0 Å². The molecule has 0 bridgehead atoms. The van der Waals surface area contributed by atoms with E-state index >= 15 is 0 Å². The molecule has 168 valence electrons. The number of piperazine rings is 1. The summed E-state index contributed by atoms with van der Waals surface area (Å²) in [5, 5.41) is 11.8. The molecule has 0 atom stereocenters. The second-order valence-corrected chi connectivity index (χ2v) is 8.10. The monoisotopic (exact) mass is 431 g/mol. The lowest BCUT2D eigenvalue weighted by Gasteiger charge is -2.36. The van der Waals surface area contributed by atoms with E-state index in [9.17, 15) is 0 Å². The van der Waals surface area contributed by atoms with Gasteiger partial charge in [0.15, 0.2) is 5.96 Å². The van der Waals surface area contributed by atoms with E-state index < -0.39 is 0 Å². The van der Waals surface area contributed by atoms with Crippen LogP contribution in [0.5, 0.6) is 0 Å². The summed E-state index contributed by atoms with van der Waals surface area (Å²) >= 11 is 0. The van der Waals surface area contributed by atoms with E-state index in [4.69, 9.17) is 4.99 Å². The number of hydrogen-bond acceptors (Lipinski definition) is 4. The highest BCUT2D eigenvalue weighted by atomic mass is 15.4. The maximum absolute atomic E-state index is 4.96. The number of nitrogens with zero attached hydrogens (tertiary/aromatic N) is 6. The molecule has 1 saturated heterocycles. The predicted octanol–water partition coefficient (Wildman–Crippen LogP) is 2.80. The molecular formula is C25H33N7. The summed E-state index contributed by atoms with van der Waals surface area (Å²) in [4.78, 5) is 9.87. The van der Waals surface area contributed by atoms with Gasteiger partial charge in [-0.05, 0) is 11.1 Å². The van der Waals surface area contributed by atoms with Gasteiger partial charge in [-0.25, -0.2) is 4.99 Å². The van der Waals surface area contributed by atoms with E-state index in [-0.39, 0.29) is 0 Å². The average Bonchev–Trinajstić information content (AvgIpc) is 3.31. The van der Waals surface area contributed by atoms with Crippen molar-refractivity contribution in [2.75, 3.05) is 32.7 Å². The summed E-state index contributed by atoms with van der Waals surface area (Å²) in [6, 6.07) is 21.2. The average molecular weight is 432 g/mol. The first-order valence-electron chi connectivity index (χ1n) is 11.5. The topological polar surface area (TPSA) is 61.6 Å². The second kappa shape index (κ2) is 11.4. The molecule has 0 radical (unpaired) electrons. The van der Waals surface area contributed by atoms with Gasteiger partial charge in [-0.2, -0.15) is 0 Å². The van der Waals surface area contributed by atoms with Crippen molar-refractivity contribution in [2.45, 2.75) is 33.0 Å². The van der Waals surface area contributed by atoms with Gasteiger partial charge in [-0.15, -0.1) is 10.2 Å². The van der Waals surface area contributed by atoms with Crippen LogP contribution in [0.1, 0.15) is 23.9 Å². The van der Waals surface area contributed by atoms with Crippen molar-refractivity contribution in [3.63, 3.8) is 0 Å². The van der Waals surface area contributed by atoms with Crippen molar-refractivity contribution in [2.24, 2.45) is 4.99 Å². The van der Waals surface area contributed by atoms with Crippen LogP contribution in [0.2, 0.25) is 0 Å². The van der Waals surface area contributed by atoms with Gasteiger partial charge in [0.2, 0.25) is 0 Å². The summed E-state index contributed by atoms with van der Waals surface area (Å²) in [7, 11) is 0. The number of hydrogen-bond donors (Lipinski definition) is 1. The molecule has 4 rings (SSSR count). The Bertz CT molecular complexity index is 960. The smallest absolute Gasteiger partial charge is 0.194 e. The maximum Gasteiger partial charge on any atom is 0.194 e. The number of nitrogens with one attached hydrogen (secondary N) is 1. The van der Waals surface area contributed by atoms with Crippen molar-refractivity contribution in [3.05, 3.63) is 83.9 Å². The Balaban J connectivity index is 1.36. The normalized spacial score (nSPS) is 15.2. The van der Waals surface area contributed by atoms with Crippen LogP contribution < -0.4 is 5.32 Å². The van der Waals surface area contributed by atoms with Crippen molar-refractivity contribution in [1.82, 2.24) is 29.9 Å². The molecule has 0 amide bonds. The van der Waals surface area contributed by atoms with Crippen molar-refractivity contribution in [1.29, 1.82) is 0 Å². The third-order valence-electron chi connectivity index (χ3n) is 5.82. The third-order valence-corrected chi connectivity index (χ3v) is 5.82. The van der Waals surface area contributed by atoms with Gasteiger partial charge in [-0.3, -0.25) is 4.90 Å². The lowest BCUT2D eigenvalue weighted by Crippen LogP contribution is -2.52. The zero-order valence-electron chi connectivity index (χ0n) is 18.9. The molecule has 3 aromatic rings. The third kappa shape index (κ3) is 6.17. The summed E-state index contributed by atoms with van der Waals surface area (Å²) in [6.45, 7) is 9.43. The number of aromatic nitrogens is 3. The van der Waals surface area contributed by atoms with E-state index in [1.54, 1.807) is 0 Å². The highest BCUT2D eigenvalue weighted by molar-refractivity contribution is 5.80. The Kier molecular flexibility index (Phi) is 7.87. The van der Waals surface area contributed by atoms with Crippen LogP contribution in [0.4, 0.5) is 0 Å². The molecule has 0 aliphatic carbocycles. The van der Waals surface area contributed by atoms with Crippen LogP contribution >= 0.6 is 0 Å². The summed E-state index contributed by atoms with van der Waals surface area (Å²) < 4.78 is 2.11. The van der Waals surface area contributed by atoms with Crippen LogP contribution in [0.15, 0.2) is 72.0 Å². The van der Waals surface area contributed by atoms with E-state index in [2.05, 4.69) is 91.4 Å². The van der Waals surface area contributed by atoms with Gasteiger partial charge in [-0.1, -0.05) is 67.6 Å². The lowest BCUT2D eigenvalue weighted by molar-refractivity contribution is 0.172. The Hall–Kier alpha value is -3.19. The fraction of sp³-hybridized carbons (Fsp3) is 0.400. The van der Waals surface area contributed by atoms with E-state index in [0.717, 1.165) is 64.0 Å². The zero-order valence-corrected chi connectivity index (χ0v) is 18.9. The van der Waals surface area contributed by atoms with Crippen molar-refractivity contribution < 1.29 is 0 Å². The second-order valence-electron chi connectivity index (χ2n) is 8.10. The highest BCUT2D eigenvalue weighted by Gasteiger charge is 2.20. The molecule has 1 aliphatic heterocycles. The van der Waals surface area contributed by atoms with Gasteiger partial charge < -0.3 is 14.8 Å². The quantitative estimate of drug-likeness (QED) is 0.439. The molecule has 32 heavy (non-hydrogen) atoms. The van der Waals surface area contributed by atoms with E-state index in [0.29, 0.717) is 6.54 Å². The van der Waals surface area contributed by atoms with Crippen LogP contribution in [0.25, 0.3) is 0 Å². The number of aliphatic imine (C=N–C) groups is 1. The van der Waals surface area contributed by atoms with E-state index in [1.807, 2.05) is 12.4 Å². The zero-order chi connectivity index (χ0) is 22.0. The molecule has 1 fully saturated rings. The largest absolute Gasteiger partial charge is 0.354 e. The first-order valence-corrected chi connectivity index (χ1v) is 11.5. The molecule has 1 aliphatic rings. The molecule has 0 spiro atoms. The van der Waals surface area contributed by atoms with Gasteiger partial charge in [0.25, 0.3) is 0 Å². The fourth-order valence-electron chi connectivity index (χ4n) is 4.00. The summed E-state index contributed by atoms with van der Waals surface area (Å²) in [5.41, 5.74) is 2.60. The minimum Gasteiger partial charge on any atom is -0.354 e. The molecule has 2 aromatic carbocycles. The molecule has 1 N–H and O–H groups in total. The molecule has 0 saturated carbocycles. The molecule has 1 aromatic heterocycles. The lowest BCUT2D eigenvalue weighted by atomic mass is 10.2. The van der Waals surface area contributed by atoms with Gasteiger partial charge in [0.1, 0.15) is 12.2 Å². The number of rotatable bonds is 8. The minimum absolute atomic E-state index is 0.681. The van der Waals surface area contributed by atoms with Crippen LogP contribution in [-0.4, -0.2) is 63.2 Å². The molecule has 0 unspecified atom stereocenters. The minimum atomic E-state index is 0.681. The van der Waals surface area contributed by atoms with Crippen LogP contribution in [-0.2, 0) is 26.1 Å². The standard InChI is InChI=1S/C25H33N7/c1-2-24-29-28-21-32(24)14-13-26-25(27-19-22-9-5-3-6-10-22)31-17-15-30(16-18-31)20-23-11-7-4-8-12-23/h3-12,21H,2,13-20H2,1H3,(H,26,27). The SMILES string of the molecule is CCc1nncn1CCNC(=NCc1ccccc1)N1CCN(Cc2ccccc2)CC1. The Morgan fingerprint density at radius 1 is 0.938 bits per heavy atom. The molecule has 7 heteroatoms. The molecular weight excluding hydrogens is 398 g/mol. The predicted molar refractivity (Wildman–Crippen MR) is 128 cm³/mol. The Labute approximate surface area is 190 Å². The Morgan fingerprint density at radius 2 is 1.62 bits per heavy atom. The van der Waals surface area contributed by atoms with Crippen molar-refractivity contribution in [3.8, 4) is 0 Å². The Morgan fingerprint density at radius 3 is 2.31 bits per heavy atom. The molecule has 2 heterocycles. The summed E-state index contributed by atoms with van der Waals surface area (Å²) in [5.74, 6) is 2.00. The van der Waals surface area contributed by atoms with Gasteiger partial charge in [0, 0.05) is 52.2 Å². The van der Waals surface area contributed by atoms with Crippen LogP contribution in [0.3, 0.4) is 0 Å². The molecule has 7 nitrogen and oxygen atoms in total. The van der Waals surface area contributed by atoms with Gasteiger partial charge in [0.05, 0.1) is 6.54 Å². The van der Waals surface area contributed by atoms with E-state index in [1.165, 1.54) is 11.1 Å². The summed E-state index contributed by atoms with van der Waals surface area (Å²) in [6.07, 6.45) is 2.70. The van der Waals surface area contributed by atoms with Crippen molar-refractivity contribution >= 4 is 5.96 Å². The highest BCUT2D eigenvalue weighted by Crippen LogP contribution is 2.09. The first-order chi connectivity index (χ1) is 15.8. The number of benzene rings is 2. The van der Waals surface area contributed by atoms with Crippen LogP contribution in [0, 0.1) is 0 Å². The first kappa shape index (κ1) is 22.0. The maximum atomic E-state index is 4.96. The number of guanidine groups is 1. The fourth-order valence-corrected chi connectivity index (χ4v) is 4.00. The number of aryl methyl sites for hydroxylation is 1.